The summed E-state index contributed by atoms with van der Waals surface area (Å²) >= 11 is 1.78. The van der Waals surface area contributed by atoms with E-state index < -0.39 is 0 Å². The van der Waals surface area contributed by atoms with Crippen LogP contribution >= 0.6 is 11.8 Å². The minimum absolute atomic E-state index is 0.176. The van der Waals surface area contributed by atoms with Gasteiger partial charge in [-0.1, -0.05) is 6.92 Å². The van der Waals surface area contributed by atoms with Crippen molar-refractivity contribution in [2.75, 3.05) is 26.0 Å². The van der Waals surface area contributed by atoms with Gasteiger partial charge in [0.1, 0.15) is 5.82 Å². The van der Waals surface area contributed by atoms with Crippen molar-refractivity contribution >= 4 is 11.8 Å². The second kappa shape index (κ2) is 10.2. The molecule has 0 amide bonds. The third-order valence-corrected chi connectivity index (χ3v) is 4.02. The molecule has 0 spiro atoms. The Bertz CT molecular complexity index is 331. The second-order valence-corrected chi connectivity index (χ2v) is 5.64. The number of benzene rings is 1. The molecule has 0 fully saturated rings. The van der Waals surface area contributed by atoms with Crippen LogP contribution in [0.15, 0.2) is 29.2 Å². The molecule has 1 rings (SSSR count). The van der Waals surface area contributed by atoms with Gasteiger partial charge in [-0.2, -0.15) is 0 Å². The highest BCUT2D eigenvalue weighted by Crippen LogP contribution is 2.20. The molecule has 1 aromatic rings. The molecule has 1 unspecified atom stereocenters. The Hall–Kier alpha value is -0.580. The van der Waals surface area contributed by atoms with E-state index in [-0.39, 0.29) is 5.82 Å². The van der Waals surface area contributed by atoms with E-state index in [1.807, 2.05) is 12.1 Å². The van der Waals surface area contributed by atoms with Gasteiger partial charge >= 0.3 is 0 Å². The lowest BCUT2D eigenvalue weighted by molar-refractivity contribution is 0.189. The monoisotopic (exact) mass is 285 g/mol. The molecule has 108 valence electrons. The quantitative estimate of drug-likeness (QED) is 0.523. The summed E-state index contributed by atoms with van der Waals surface area (Å²) in [6.07, 6.45) is 3.33. The molecule has 0 aliphatic rings. The van der Waals surface area contributed by atoms with Crippen LogP contribution in [0.3, 0.4) is 0 Å². The Morgan fingerprint density at radius 2 is 2.05 bits per heavy atom. The standard InChI is InChI=1S/C15H24FNOS/c1-3-10-17-14(5-4-11-18-2)12-19-15-8-6-13(16)7-9-15/h6-9,14,17H,3-5,10-12H2,1-2H3. The molecule has 1 N–H and O–H groups in total. The maximum absolute atomic E-state index is 12.8. The largest absolute Gasteiger partial charge is 0.385 e. The Kier molecular flexibility index (Phi) is 8.88. The van der Waals surface area contributed by atoms with E-state index in [4.69, 9.17) is 4.74 Å². The summed E-state index contributed by atoms with van der Waals surface area (Å²) < 4.78 is 17.9. The Morgan fingerprint density at radius 3 is 2.68 bits per heavy atom. The summed E-state index contributed by atoms with van der Waals surface area (Å²) in [4.78, 5) is 1.12. The van der Waals surface area contributed by atoms with Gasteiger partial charge in [-0.3, -0.25) is 0 Å². The molecule has 0 bridgehead atoms. The summed E-state index contributed by atoms with van der Waals surface area (Å²) in [5, 5.41) is 3.56. The van der Waals surface area contributed by atoms with Gasteiger partial charge in [-0.05, 0) is 50.1 Å². The van der Waals surface area contributed by atoms with Crippen molar-refractivity contribution in [1.82, 2.24) is 5.32 Å². The van der Waals surface area contributed by atoms with Crippen LogP contribution in [0.4, 0.5) is 4.39 Å². The molecular formula is C15H24FNOS. The number of halogens is 1. The lowest BCUT2D eigenvalue weighted by Crippen LogP contribution is -2.32. The van der Waals surface area contributed by atoms with Crippen LogP contribution in [0, 0.1) is 5.82 Å². The molecule has 0 heterocycles. The number of rotatable bonds is 10. The summed E-state index contributed by atoms with van der Waals surface area (Å²) in [5.41, 5.74) is 0. The van der Waals surface area contributed by atoms with E-state index in [1.54, 1.807) is 18.9 Å². The smallest absolute Gasteiger partial charge is 0.123 e. The van der Waals surface area contributed by atoms with Crippen molar-refractivity contribution in [3.05, 3.63) is 30.1 Å². The fourth-order valence-electron chi connectivity index (χ4n) is 1.79. The fourth-order valence-corrected chi connectivity index (χ4v) is 2.80. The first-order valence-corrected chi connectivity index (χ1v) is 7.85. The predicted octanol–water partition coefficient (Wildman–Crippen LogP) is 3.71. The zero-order valence-electron chi connectivity index (χ0n) is 11.8. The topological polar surface area (TPSA) is 21.3 Å². The van der Waals surface area contributed by atoms with Crippen LogP contribution in [0.5, 0.6) is 0 Å². The molecule has 0 aromatic heterocycles. The highest BCUT2D eigenvalue weighted by atomic mass is 32.2. The Labute approximate surface area is 120 Å². The molecule has 4 heteroatoms. The van der Waals surface area contributed by atoms with E-state index in [2.05, 4.69) is 12.2 Å². The van der Waals surface area contributed by atoms with E-state index in [1.165, 1.54) is 12.1 Å². The lowest BCUT2D eigenvalue weighted by Gasteiger charge is -2.18. The maximum Gasteiger partial charge on any atom is 0.123 e. The van der Waals surface area contributed by atoms with Gasteiger partial charge in [-0.25, -0.2) is 4.39 Å². The summed E-state index contributed by atoms with van der Waals surface area (Å²) in [7, 11) is 1.74. The van der Waals surface area contributed by atoms with Crippen LogP contribution in [0.1, 0.15) is 26.2 Å². The minimum Gasteiger partial charge on any atom is -0.385 e. The zero-order valence-corrected chi connectivity index (χ0v) is 12.6. The number of methoxy groups -OCH3 is 1. The Morgan fingerprint density at radius 1 is 1.32 bits per heavy atom. The lowest BCUT2D eigenvalue weighted by atomic mass is 10.2. The molecule has 19 heavy (non-hydrogen) atoms. The summed E-state index contributed by atoms with van der Waals surface area (Å²) in [6, 6.07) is 7.20. The summed E-state index contributed by atoms with van der Waals surface area (Å²) in [5.74, 6) is 0.833. The van der Waals surface area contributed by atoms with Gasteiger partial charge in [0.05, 0.1) is 0 Å². The number of ether oxygens (including phenoxy) is 1. The van der Waals surface area contributed by atoms with Gasteiger partial charge in [-0.15, -0.1) is 11.8 Å². The van der Waals surface area contributed by atoms with Crippen LogP contribution in [0.2, 0.25) is 0 Å². The first kappa shape index (κ1) is 16.5. The van der Waals surface area contributed by atoms with Crippen molar-refractivity contribution in [2.24, 2.45) is 0 Å². The van der Waals surface area contributed by atoms with Crippen LogP contribution in [-0.2, 0) is 4.74 Å². The average Bonchev–Trinajstić information content (AvgIpc) is 2.43. The number of nitrogens with one attached hydrogen (secondary N) is 1. The third kappa shape index (κ3) is 7.55. The second-order valence-electron chi connectivity index (χ2n) is 4.55. The highest BCUT2D eigenvalue weighted by Gasteiger charge is 2.08. The number of thioether (sulfide) groups is 1. The molecule has 0 radical (unpaired) electrons. The fraction of sp³-hybridized carbons (Fsp3) is 0.600. The van der Waals surface area contributed by atoms with E-state index in [9.17, 15) is 4.39 Å². The maximum atomic E-state index is 12.8. The number of hydrogen-bond donors (Lipinski definition) is 1. The van der Waals surface area contributed by atoms with Gasteiger partial charge in [0.25, 0.3) is 0 Å². The van der Waals surface area contributed by atoms with Crippen LogP contribution < -0.4 is 5.32 Å². The van der Waals surface area contributed by atoms with Crippen LogP contribution in [0.25, 0.3) is 0 Å². The van der Waals surface area contributed by atoms with Gasteiger partial charge in [0, 0.05) is 30.4 Å². The van der Waals surface area contributed by atoms with Gasteiger partial charge < -0.3 is 10.1 Å². The molecule has 0 saturated heterocycles. The molecular weight excluding hydrogens is 261 g/mol. The average molecular weight is 285 g/mol. The van der Waals surface area contributed by atoms with Crippen molar-refractivity contribution < 1.29 is 9.13 Å². The first-order chi connectivity index (χ1) is 9.26. The SMILES string of the molecule is CCCNC(CCCOC)CSc1ccc(F)cc1. The minimum atomic E-state index is -0.176. The van der Waals surface area contributed by atoms with Crippen molar-refractivity contribution in [2.45, 2.75) is 37.1 Å². The molecule has 1 atom stereocenters. The van der Waals surface area contributed by atoms with E-state index in [0.29, 0.717) is 6.04 Å². The predicted molar refractivity (Wildman–Crippen MR) is 80.3 cm³/mol. The zero-order chi connectivity index (χ0) is 13.9. The van der Waals surface area contributed by atoms with Crippen molar-refractivity contribution in [1.29, 1.82) is 0 Å². The third-order valence-electron chi connectivity index (χ3n) is 2.85. The summed E-state index contributed by atoms with van der Waals surface area (Å²) in [6.45, 7) is 4.03. The van der Waals surface area contributed by atoms with E-state index >= 15 is 0 Å². The molecule has 1 aromatic carbocycles. The molecule has 0 aliphatic heterocycles. The van der Waals surface area contributed by atoms with Crippen molar-refractivity contribution in [3.8, 4) is 0 Å². The Balaban J connectivity index is 2.35. The molecule has 0 saturated carbocycles. The highest BCUT2D eigenvalue weighted by molar-refractivity contribution is 7.99. The molecule has 0 aliphatic carbocycles. The van der Waals surface area contributed by atoms with Gasteiger partial charge in [0.2, 0.25) is 0 Å². The number of hydrogen-bond acceptors (Lipinski definition) is 3. The van der Waals surface area contributed by atoms with Crippen molar-refractivity contribution in [3.63, 3.8) is 0 Å². The first-order valence-electron chi connectivity index (χ1n) is 6.87. The molecule has 2 nitrogen and oxygen atoms in total. The van der Waals surface area contributed by atoms with Crippen LogP contribution in [-0.4, -0.2) is 32.1 Å². The normalized spacial score (nSPS) is 12.6. The van der Waals surface area contributed by atoms with Gasteiger partial charge in [0.15, 0.2) is 0 Å². The van der Waals surface area contributed by atoms with E-state index in [0.717, 1.165) is 43.1 Å².